The average Bonchev–Trinajstić information content (AvgIpc) is 2.95. The van der Waals surface area contributed by atoms with E-state index in [4.69, 9.17) is 11.6 Å². The van der Waals surface area contributed by atoms with E-state index in [2.05, 4.69) is 30.1 Å². The summed E-state index contributed by atoms with van der Waals surface area (Å²) in [6.07, 6.45) is 0.147. The van der Waals surface area contributed by atoms with Gasteiger partial charge in [-0.2, -0.15) is 13.2 Å². The molecule has 3 amide bonds. The lowest BCUT2D eigenvalue weighted by molar-refractivity contribution is -0.137. The van der Waals surface area contributed by atoms with Crippen LogP contribution in [0.2, 0.25) is 5.02 Å². The minimum atomic E-state index is -4.42. The van der Waals surface area contributed by atoms with Crippen LogP contribution in [0.15, 0.2) is 60.2 Å². The number of hydrogen-bond acceptors (Lipinski definition) is 3. The average molecular weight is 589 g/mol. The number of rotatable bonds is 7. The Morgan fingerprint density at radius 2 is 1.73 bits per heavy atom. The Labute approximate surface area is 244 Å². The zero-order chi connectivity index (χ0) is 29.4. The SMILES string of the molecule is CC1(C)C2CC=C(CN(CCN3CCN(C(=O)Nc4ccc(C(F)(F)F)cc4)CC3)C(=O)c3ccccc3Cl)C1C2. The van der Waals surface area contributed by atoms with Crippen LogP contribution in [-0.4, -0.2) is 72.5 Å². The van der Waals surface area contributed by atoms with Crippen LogP contribution in [0.3, 0.4) is 0 Å². The number of nitrogens with zero attached hydrogens (tertiary/aromatic N) is 3. The molecule has 1 aliphatic heterocycles. The summed E-state index contributed by atoms with van der Waals surface area (Å²) in [7, 11) is 0. The van der Waals surface area contributed by atoms with Crippen LogP contribution in [0, 0.1) is 17.3 Å². The van der Waals surface area contributed by atoms with Crippen LogP contribution in [0.1, 0.15) is 42.6 Å². The van der Waals surface area contributed by atoms with Crippen molar-refractivity contribution in [3.8, 4) is 0 Å². The first kappa shape index (κ1) is 29.5. The third-order valence-electron chi connectivity index (χ3n) is 9.16. The van der Waals surface area contributed by atoms with Crippen LogP contribution >= 0.6 is 11.6 Å². The summed E-state index contributed by atoms with van der Waals surface area (Å²) in [5.74, 6) is 1.14. The highest BCUT2D eigenvalue weighted by Crippen LogP contribution is 2.59. The first-order chi connectivity index (χ1) is 19.4. The lowest BCUT2D eigenvalue weighted by Gasteiger charge is -2.57. The van der Waals surface area contributed by atoms with Crippen LogP contribution in [0.4, 0.5) is 23.7 Å². The van der Waals surface area contributed by atoms with E-state index >= 15 is 0 Å². The van der Waals surface area contributed by atoms with Gasteiger partial charge in [0, 0.05) is 51.5 Å². The molecular formula is C31H36ClF3N4O2. The van der Waals surface area contributed by atoms with E-state index in [0.717, 1.165) is 24.5 Å². The molecule has 220 valence electrons. The second-order valence-electron chi connectivity index (χ2n) is 11.9. The summed E-state index contributed by atoms with van der Waals surface area (Å²) in [6, 6.07) is 11.2. The van der Waals surface area contributed by atoms with Crippen LogP contribution in [0.5, 0.6) is 0 Å². The van der Waals surface area contributed by atoms with Gasteiger partial charge in [-0.05, 0) is 66.5 Å². The highest BCUT2D eigenvalue weighted by atomic mass is 35.5. The fourth-order valence-electron chi connectivity index (χ4n) is 6.32. The van der Waals surface area contributed by atoms with Crippen molar-refractivity contribution >= 4 is 29.2 Å². The molecule has 1 saturated heterocycles. The molecule has 0 aromatic heterocycles. The number of anilines is 1. The third kappa shape index (κ3) is 6.41. The molecule has 6 rings (SSSR count). The number of nitrogens with one attached hydrogen (secondary N) is 1. The molecule has 1 saturated carbocycles. The van der Waals surface area contributed by atoms with Gasteiger partial charge < -0.3 is 15.1 Å². The lowest BCUT2D eigenvalue weighted by Crippen LogP contribution is -2.52. The Morgan fingerprint density at radius 1 is 1.05 bits per heavy atom. The van der Waals surface area contributed by atoms with Crippen molar-refractivity contribution in [3.05, 3.63) is 76.3 Å². The highest BCUT2D eigenvalue weighted by Gasteiger charge is 2.51. The summed E-state index contributed by atoms with van der Waals surface area (Å²) in [5.41, 5.74) is 1.66. The first-order valence-corrected chi connectivity index (χ1v) is 14.5. The van der Waals surface area contributed by atoms with Gasteiger partial charge in [0.1, 0.15) is 0 Å². The van der Waals surface area contributed by atoms with Crippen LogP contribution < -0.4 is 5.32 Å². The molecular weight excluding hydrogens is 553 g/mol. The maximum atomic E-state index is 13.7. The standard InChI is InChI=1S/C31H36ClF3N4O2/c1-30(2)23-8-7-21(26(30)19-23)20-39(28(40)25-5-3-4-6-27(25)32)18-15-37-13-16-38(17-14-37)29(41)36-24-11-9-22(10-12-24)31(33,34)35/h3-7,9-12,23,26H,8,13-20H2,1-2H3,(H,36,41). The smallest absolute Gasteiger partial charge is 0.333 e. The fourth-order valence-corrected chi connectivity index (χ4v) is 6.53. The lowest BCUT2D eigenvalue weighted by atomic mass is 9.49. The molecule has 41 heavy (non-hydrogen) atoms. The number of carbonyl (C=O) groups excluding carboxylic acids is 2. The summed E-state index contributed by atoms with van der Waals surface area (Å²) >= 11 is 6.40. The van der Waals surface area contributed by atoms with Crippen molar-refractivity contribution in [3.63, 3.8) is 0 Å². The fraction of sp³-hybridized carbons (Fsp3) is 0.484. The predicted molar refractivity (Wildman–Crippen MR) is 154 cm³/mol. The number of piperazine rings is 1. The second-order valence-corrected chi connectivity index (χ2v) is 12.3. The van der Waals surface area contributed by atoms with E-state index in [1.165, 1.54) is 24.1 Å². The molecule has 1 heterocycles. The third-order valence-corrected chi connectivity index (χ3v) is 9.49. The molecule has 0 spiro atoms. The van der Waals surface area contributed by atoms with Gasteiger partial charge in [-0.3, -0.25) is 9.69 Å². The predicted octanol–water partition coefficient (Wildman–Crippen LogP) is 6.64. The Balaban J connectivity index is 1.17. The van der Waals surface area contributed by atoms with E-state index in [0.29, 0.717) is 68.0 Å². The molecule has 10 heteroatoms. The van der Waals surface area contributed by atoms with E-state index < -0.39 is 11.7 Å². The Bertz CT molecular complexity index is 1300. The van der Waals surface area contributed by atoms with Gasteiger partial charge in [-0.15, -0.1) is 0 Å². The number of hydrogen-bond donors (Lipinski definition) is 1. The zero-order valence-electron chi connectivity index (χ0n) is 23.4. The van der Waals surface area contributed by atoms with Gasteiger partial charge >= 0.3 is 12.2 Å². The first-order valence-electron chi connectivity index (χ1n) is 14.1. The highest BCUT2D eigenvalue weighted by molar-refractivity contribution is 6.33. The maximum Gasteiger partial charge on any atom is 0.416 e. The second kappa shape index (κ2) is 11.7. The van der Waals surface area contributed by atoms with Crippen molar-refractivity contribution in [2.75, 3.05) is 51.1 Å². The molecule has 2 bridgehead atoms. The summed E-state index contributed by atoms with van der Waals surface area (Å²) in [4.78, 5) is 32.2. The van der Waals surface area contributed by atoms with Crippen molar-refractivity contribution in [1.29, 1.82) is 0 Å². The number of fused-ring (bicyclic) bond motifs is 1. The van der Waals surface area contributed by atoms with Crippen molar-refractivity contribution in [2.45, 2.75) is 32.9 Å². The Morgan fingerprint density at radius 3 is 2.34 bits per heavy atom. The minimum Gasteiger partial charge on any atom is -0.333 e. The van der Waals surface area contributed by atoms with Gasteiger partial charge in [-0.1, -0.05) is 49.2 Å². The van der Waals surface area contributed by atoms with Gasteiger partial charge in [0.15, 0.2) is 0 Å². The number of urea groups is 1. The molecule has 3 aliphatic carbocycles. The normalized spacial score (nSPS) is 22.0. The van der Waals surface area contributed by atoms with E-state index in [1.807, 2.05) is 17.0 Å². The minimum absolute atomic E-state index is 0.0784. The van der Waals surface area contributed by atoms with Crippen molar-refractivity contribution in [1.82, 2.24) is 14.7 Å². The van der Waals surface area contributed by atoms with Crippen molar-refractivity contribution < 1.29 is 22.8 Å². The molecule has 2 unspecified atom stereocenters. The molecule has 2 aromatic rings. The molecule has 2 atom stereocenters. The van der Waals surface area contributed by atoms with Gasteiger partial charge in [0.25, 0.3) is 5.91 Å². The number of halogens is 4. The Kier molecular flexibility index (Phi) is 8.39. The summed E-state index contributed by atoms with van der Waals surface area (Å²) in [6.45, 7) is 8.66. The number of amides is 3. The largest absolute Gasteiger partial charge is 0.416 e. The number of benzene rings is 2. The van der Waals surface area contributed by atoms with E-state index in [-0.39, 0.29) is 17.4 Å². The maximum absolute atomic E-state index is 13.7. The molecule has 6 nitrogen and oxygen atoms in total. The van der Waals surface area contributed by atoms with Crippen LogP contribution in [-0.2, 0) is 6.18 Å². The van der Waals surface area contributed by atoms with Gasteiger partial charge in [0.05, 0.1) is 16.1 Å². The van der Waals surface area contributed by atoms with E-state index in [1.54, 1.807) is 17.0 Å². The zero-order valence-corrected chi connectivity index (χ0v) is 24.1. The number of allylic oxidation sites excluding steroid dienone is 1. The molecule has 2 aromatic carbocycles. The Hall–Kier alpha value is -3.04. The van der Waals surface area contributed by atoms with Gasteiger partial charge in [0.2, 0.25) is 0 Å². The number of carbonyl (C=O) groups is 2. The van der Waals surface area contributed by atoms with Crippen LogP contribution in [0.25, 0.3) is 0 Å². The molecule has 2 fully saturated rings. The molecule has 4 aliphatic rings. The monoisotopic (exact) mass is 588 g/mol. The molecule has 1 N–H and O–H groups in total. The summed E-state index contributed by atoms with van der Waals surface area (Å²) < 4.78 is 38.4. The quantitative estimate of drug-likeness (QED) is 0.369. The topological polar surface area (TPSA) is 55.9 Å². The summed E-state index contributed by atoms with van der Waals surface area (Å²) in [5, 5.41) is 3.12. The number of alkyl halides is 3. The molecule has 0 radical (unpaired) electrons. The van der Waals surface area contributed by atoms with Gasteiger partial charge in [-0.25, -0.2) is 4.79 Å². The van der Waals surface area contributed by atoms with E-state index in [9.17, 15) is 22.8 Å². The van der Waals surface area contributed by atoms with Crippen molar-refractivity contribution in [2.24, 2.45) is 17.3 Å².